The van der Waals surface area contributed by atoms with Crippen LogP contribution in [0.5, 0.6) is 0 Å². The number of rotatable bonds is 7. The van der Waals surface area contributed by atoms with Crippen LogP contribution in [0.15, 0.2) is 6.07 Å². The van der Waals surface area contributed by atoms with E-state index in [1.54, 1.807) is 0 Å². The second-order valence-electron chi connectivity index (χ2n) is 5.59. The van der Waals surface area contributed by atoms with Crippen LogP contribution < -0.4 is 11.1 Å². The van der Waals surface area contributed by atoms with Crippen LogP contribution in [0.1, 0.15) is 56.0 Å². The summed E-state index contributed by atoms with van der Waals surface area (Å²) < 4.78 is 1.95. The molecule has 0 saturated heterocycles. The Labute approximate surface area is 126 Å². The van der Waals surface area contributed by atoms with E-state index in [1.165, 1.54) is 0 Å². The Morgan fingerprint density at radius 1 is 1.29 bits per heavy atom. The summed E-state index contributed by atoms with van der Waals surface area (Å²) in [5, 5.41) is 8.26. The van der Waals surface area contributed by atoms with Gasteiger partial charge in [-0.1, -0.05) is 13.8 Å². The van der Waals surface area contributed by atoms with E-state index in [9.17, 15) is 0 Å². The van der Waals surface area contributed by atoms with Crippen molar-refractivity contribution in [1.29, 1.82) is 0 Å². The molecule has 0 saturated carbocycles. The van der Waals surface area contributed by atoms with Crippen LogP contribution in [0.4, 0.5) is 5.82 Å². The van der Waals surface area contributed by atoms with Gasteiger partial charge < -0.3 is 11.1 Å². The van der Waals surface area contributed by atoms with E-state index in [1.807, 2.05) is 11.4 Å². The fourth-order valence-electron chi connectivity index (χ4n) is 2.64. The maximum atomic E-state index is 5.58. The molecule has 0 unspecified atom stereocenters. The summed E-state index contributed by atoms with van der Waals surface area (Å²) in [5.41, 5.74) is 9.84. The lowest BCUT2D eigenvalue weighted by molar-refractivity contribution is 0.616. The third-order valence-corrected chi connectivity index (χ3v) is 4.18. The molecule has 0 radical (unpaired) electrons. The number of hydrogen-bond donors (Lipinski definition) is 2. The lowest BCUT2D eigenvalue weighted by atomic mass is 10.00. The van der Waals surface area contributed by atoms with Crippen molar-refractivity contribution in [3.8, 4) is 0 Å². The summed E-state index contributed by atoms with van der Waals surface area (Å²) in [4.78, 5) is 4.67. The molecule has 0 aliphatic heterocycles. The first kappa shape index (κ1) is 15.8. The van der Waals surface area contributed by atoms with E-state index in [0.717, 1.165) is 54.2 Å². The van der Waals surface area contributed by atoms with Crippen molar-refractivity contribution in [2.45, 2.75) is 52.9 Å². The van der Waals surface area contributed by atoms with Crippen molar-refractivity contribution >= 4 is 11.5 Å². The normalized spacial score (nSPS) is 11.5. The van der Waals surface area contributed by atoms with Crippen molar-refractivity contribution in [2.24, 2.45) is 5.73 Å². The number of nitrogens with zero attached hydrogens (tertiary/aromatic N) is 3. The zero-order valence-corrected chi connectivity index (χ0v) is 13.6. The molecule has 0 fully saturated rings. The molecule has 0 bridgehead atoms. The highest BCUT2D eigenvalue weighted by molar-refractivity contribution is 5.55. The number of nitrogens with two attached hydrogens (primary N) is 1. The molecule has 5 heteroatoms. The van der Waals surface area contributed by atoms with Crippen LogP contribution in [-0.2, 0) is 0 Å². The van der Waals surface area contributed by atoms with Gasteiger partial charge in [0.1, 0.15) is 5.82 Å². The maximum absolute atomic E-state index is 5.58. The molecule has 0 spiro atoms. The molecule has 0 aromatic carbocycles. The molecule has 2 heterocycles. The quantitative estimate of drug-likeness (QED) is 0.769. The molecule has 5 nitrogen and oxygen atoms in total. The Morgan fingerprint density at radius 3 is 2.62 bits per heavy atom. The summed E-state index contributed by atoms with van der Waals surface area (Å²) in [6.07, 6.45) is 3.16. The predicted molar refractivity (Wildman–Crippen MR) is 87.9 cm³/mol. The SMILES string of the molecule is CCC(CC)c1cc2nc(C)c(C)c(NCCCN)n2n1. The molecule has 116 valence electrons. The van der Waals surface area contributed by atoms with Crippen molar-refractivity contribution in [2.75, 3.05) is 18.4 Å². The molecule has 2 aromatic rings. The zero-order valence-electron chi connectivity index (χ0n) is 13.6. The van der Waals surface area contributed by atoms with Gasteiger partial charge in [0.15, 0.2) is 5.65 Å². The molecule has 0 aliphatic carbocycles. The molecule has 3 N–H and O–H groups in total. The first-order chi connectivity index (χ1) is 10.1. The van der Waals surface area contributed by atoms with E-state index in [0.29, 0.717) is 12.5 Å². The molecule has 21 heavy (non-hydrogen) atoms. The number of nitrogens with one attached hydrogen (secondary N) is 1. The summed E-state index contributed by atoms with van der Waals surface area (Å²) >= 11 is 0. The van der Waals surface area contributed by atoms with E-state index in [-0.39, 0.29) is 0 Å². The van der Waals surface area contributed by atoms with E-state index < -0.39 is 0 Å². The Hall–Kier alpha value is -1.62. The van der Waals surface area contributed by atoms with Crippen LogP contribution in [0.2, 0.25) is 0 Å². The smallest absolute Gasteiger partial charge is 0.157 e. The van der Waals surface area contributed by atoms with E-state index >= 15 is 0 Å². The number of fused-ring (bicyclic) bond motifs is 1. The maximum Gasteiger partial charge on any atom is 0.157 e. The van der Waals surface area contributed by atoms with Gasteiger partial charge in [0.05, 0.1) is 5.69 Å². The average molecular weight is 289 g/mol. The highest BCUT2D eigenvalue weighted by Crippen LogP contribution is 2.26. The number of hydrogen-bond acceptors (Lipinski definition) is 4. The lowest BCUT2D eigenvalue weighted by Gasteiger charge is -2.13. The Kier molecular flexibility index (Phi) is 5.17. The monoisotopic (exact) mass is 289 g/mol. The Morgan fingerprint density at radius 2 is 2.00 bits per heavy atom. The topological polar surface area (TPSA) is 68.2 Å². The Balaban J connectivity index is 2.46. The van der Waals surface area contributed by atoms with E-state index in [4.69, 9.17) is 10.8 Å². The zero-order chi connectivity index (χ0) is 15.4. The van der Waals surface area contributed by atoms with Gasteiger partial charge in [-0.05, 0) is 39.7 Å². The molecule has 2 aromatic heterocycles. The summed E-state index contributed by atoms with van der Waals surface area (Å²) in [5.74, 6) is 1.55. The highest BCUT2D eigenvalue weighted by atomic mass is 15.3. The summed E-state index contributed by atoms with van der Waals surface area (Å²) in [6, 6.07) is 2.12. The average Bonchev–Trinajstić information content (AvgIpc) is 2.87. The minimum Gasteiger partial charge on any atom is -0.370 e. The number of aryl methyl sites for hydroxylation is 1. The van der Waals surface area contributed by atoms with E-state index in [2.05, 4.69) is 37.1 Å². The van der Waals surface area contributed by atoms with Gasteiger partial charge in [0.25, 0.3) is 0 Å². The van der Waals surface area contributed by atoms with Gasteiger partial charge in [0, 0.05) is 29.8 Å². The van der Waals surface area contributed by atoms with Crippen molar-refractivity contribution in [3.05, 3.63) is 23.0 Å². The standard InChI is InChI=1S/C16H27N5/c1-5-13(6-2)14-10-15-19-12(4)11(3)16(21(15)20-14)18-9-7-8-17/h10,13,18H,5-9,17H2,1-4H3. The van der Waals surface area contributed by atoms with Crippen LogP contribution in [0, 0.1) is 13.8 Å². The molecular weight excluding hydrogens is 262 g/mol. The van der Waals surface area contributed by atoms with Crippen LogP contribution in [0.3, 0.4) is 0 Å². The summed E-state index contributed by atoms with van der Waals surface area (Å²) in [7, 11) is 0. The van der Waals surface area contributed by atoms with Gasteiger partial charge in [-0.15, -0.1) is 0 Å². The lowest BCUT2D eigenvalue weighted by Crippen LogP contribution is -2.13. The van der Waals surface area contributed by atoms with Crippen molar-refractivity contribution in [3.63, 3.8) is 0 Å². The minimum absolute atomic E-state index is 0.504. The molecule has 0 atom stereocenters. The van der Waals surface area contributed by atoms with Gasteiger partial charge in [-0.3, -0.25) is 0 Å². The largest absolute Gasteiger partial charge is 0.370 e. The number of aromatic nitrogens is 3. The van der Waals surface area contributed by atoms with Gasteiger partial charge in [-0.2, -0.15) is 9.61 Å². The third-order valence-electron chi connectivity index (χ3n) is 4.18. The first-order valence-corrected chi connectivity index (χ1v) is 7.93. The fraction of sp³-hybridized carbons (Fsp3) is 0.625. The Bertz CT molecular complexity index is 598. The predicted octanol–water partition coefficient (Wildman–Crippen LogP) is 3.01. The second kappa shape index (κ2) is 6.89. The highest BCUT2D eigenvalue weighted by Gasteiger charge is 2.16. The van der Waals surface area contributed by atoms with Gasteiger partial charge in [-0.25, -0.2) is 4.98 Å². The minimum atomic E-state index is 0.504. The van der Waals surface area contributed by atoms with Gasteiger partial charge in [0.2, 0.25) is 0 Å². The second-order valence-corrected chi connectivity index (χ2v) is 5.59. The molecule has 0 aliphatic rings. The molecule has 2 rings (SSSR count). The van der Waals surface area contributed by atoms with Crippen LogP contribution in [0.25, 0.3) is 5.65 Å². The molecule has 0 amide bonds. The van der Waals surface area contributed by atoms with Crippen molar-refractivity contribution in [1.82, 2.24) is 14.6 Å². The first-order valence-electron chi connectivity index (χ1n) is 7.93. The molecular formula is C16H27N5. The number of anilines is 1. The third kappa shape index (κ3) is 3.18. The van der Waals surface area contributed by atoms with Crippen LogP contribution in [-0.4, -0.2) is 27.7 Å². The van der Waals surface area contributed by atoms with Crippen LogP contribution >= 0.6 is 0 Å². The summed E-state index contributed by atoms with van der Waals surface area (Å²) in [6.45, 7) is 10.1. The fourth-order valence-corrected chi connectivity index (χ4v) is 2.64. The van der Waals surface area contributed by atoms with Gasteiger partial charge >= 0.3 is 0 Å². The van der Waals surface area contributed by atoms with Crippen molar-refractivity contribution < 1.29 is 0 Å².